The highest BCUT2D eigenvalue weighted by molar-refractivity contribution is 5.76. The van der Waals surface area contributed by atoms with Gasteiger partial charge in [-0.15, -0.1) is 5.10 Å². The first kappa shape index (κ1) is 10.0. The minimum atomic E-state index is 0.863. The molecule has 1 aromatic carbocycles. The average Bonchev–Trinajstić information content (AvgIpc) is 2.71. The Labute approximate surface area is 99.5 Å². The maximum absolute atomic E-state index is 4.14. The molecular weight excluding hydrogens is 210 g/mol. The van der Waals surface area contributed by atoms with Crippen LogP contribution >= 0.6 is 0 Å². The zero-order valence-corrected chi connectivity index (χ0v) is 9.64. The standard InChI is InChI=1S/C14H13N3/c1-10-7-12-9-13(15-14(12)17-16-10)8-11-5-3-2-4-6-11/h2-7,9H,8H2,1H3,(H,15,17). The highest BCUT2D eigenvalue weighted by Crippen LogP contribution is 2.15. The number of hydrogen-bond acceptors (Lipinski definition) is 2. The fraction of sp³-hybridized carbons (Fsp3) is 0.143. The van der Waals surface area contributed by atoms with E-state index in [9.17, 15) is 0 Å². The molecular formula is C14H13N3. The van der Waals surface area contributed by atoms with Crippen LogP contribution in [0.4, 0.5) is 0 Å². The first-order chi connectivity index (χ1) is 8.31. The summed E-state index contributed by atoms with van der Waals surface area (Å²) >= 11 is 0. The Bertz CT molecular complexity index is 641. The van der Waals surface area contributed by atoms with Gasteiger partial charge in [0.1, 0.15) is 0 Å². The van der Waals surface area contributed by atoms with Gasteiger partial charge in [0, 0.05) is 17.5 Å². The fourth-order valence-electron chi connectivity index (χ4n) is 2.00. The third-order valence-corrected chi connectivity index (χ3v) is 2.79. The van der Waals surface area contributed by atoms with Crippen molar-refractivity contribution in [3.8, 4) is 0 Å². The third-order valence-electron chi connectivity index (χ3n) is 2.79. The summed E-state index contributed by atoms with van der Waals surface area (Å²) in [7, 11) is 0. The number of rotatable bonds is 2. The van der Waals surface area contributed by atoms with Crippen LogP contribution in [0, 0.1) is 6.92 Å². The molecule has 0 bridgehead atoms. The monoisotopic (exact) mass is 223 g/mol. The second-order valence-corrected chi connectivity index (χ2v) is 4.25. The molecule has 0 unspecified atom stereocenters. The van der Waals surface area contributed by atoms with E-state index in [1.54, 1.807) is 0 Å². The summed E-state index contributed by atoms with van der Waals surface area (Å²) in [6.45, 7) is 1.95. The summed E-state index contributed by atoms with van der Waals surface area (Å²) in [6, 6.07) is 14.6. The van der Waals surface area contributed by atoms with E-state index in [0.717, 1.165) is 23.1 Å². The summed E-state index contributed by atoms with van der Waals surface area (Å²) in [6.07, 6.45) is 0.899. The van der Waals surface area contributed by atoms with Gasteiger partial charge in [0.15, 0.2) is 5.65 Å². The van der Waals surface area contributed by atoms with Gasteiger partial charge in [0.2, 0.25) is 0 Å². The van der Waals surface area contributed by atoms with Gasteiger partial charge in [-0.25, -0.2) is 0 Å². The molecule has 3 rings (SSSR count). The predicted octanol–water partition coefficient (Wildman–Crippen LogP) is 2.86. The van der Waals surface area contributed by atoms with Gasteiger partial charge in [-0.1, -0.05) is 30.3 Å². The lowest BCUT2D eigenvalue weighted by Gasteiger charge is -1.97. The molecule has 1 N–H and O–H groups in total. The zero-order chi connectivity index (χ0) is 11.7. The highest BCUT2D eigenvalue weighted by Gasteiger charge is 2.03. The van der Waals surface area contributed by atoms with E-state index in [4.69, 9.17) is 0 Å². The van der Waals surface area contributed by atoms with Crippen LogP contribution in [0.5, 0.6) is 0 Å². The van der Waals surface area contributed by atoms with E-state index in [2.05, 4.69) is 45.5 Å². The average molecular weight is 223 g/mol. The second-order valence-electron chi connectivity index (χ2n) is 4.25. The minimum absolute atomic E-state index is 0.863. The number of aryl methyl sites for hydroxylation is 1. The quantitative estimate of drug-likeness (QED) is 0.725. The van der Waals surface area contributed by atoms with Crippen LogP contribution < -0.4 is 0 Å². The Kier molecular flexibility index (Phi) is 2.37. The molecule has 0 radical (unpaired) electrons. The van der Waals surface area contributed by atoms with Crippen molar-refractivity contribution in [1.29, 1.82) is 0 Å². The van der Waals surface area contributed by atoms with Gasteiger partial charge in [-0.2, -0.15) is 5.10 Å². The molecule has 0 aliphatic carbocycles. The largest absolute Gasteiger partial charge is 0.341 e. The van der Waals surface area contributed by atoms with Crippen LogP contribution in [-0.4, -0.2) is 15.2 Å². The number of H-pyrrole nitrogens is 1. The fourth-order valence-corrected chi connectivity index (χ4v) is 2.00. The van der Waals surface area contributed by atoms with Crippen LogP contribution in [0.1, 0.15) is 17.0 Å². The van der Waals surface area contributed by atoms with Crippen molar-refractivity contribution in [2.75, 3.05) is 0 Å². The molecule has 3 nitrogen and oxygen atoms in total. The molecule has 17 heavy (non-hydrogen) atoms. The normalized spacial score (nSPS) is 10.9. The maximum Gasteiger partial charge on any atom is 0.160 e. The number of benzene rings is 1. The van der Waals surface area contributed by atoms with Crippen molar-refractivity contribution >= 4 is 11.0 Å². The Morgan fingerprint density at radius 1 is 1.06 bits per heavy atom. The third kappa shape index (κ3) is 2.04. The Morgan fingerprint density at radius 3 is 2.71 bits per heavy atom. The molecule has 0 fully saturated rings. The SMILES string of the molecule is Cc1cc2cc(Cc3ccccc3)[nH]c2nn1. The molecule has 84 valence electrons. The van der Waals surface area contributed by atoms with E-state index in [1.807, 2.05) is 19.1 Å². The molecule has 0 aliphatic rings. The van der Waals surface area contributed by atoms with Crippen LogP contribution in [0.3, 0.4) is 0 Å². The summed E-state index contributed by atoms with van der Waals surface area (Å²) in [5.41, 5.74) is 4.28. The smallest absolute Gasteiger partial charge is 0.160 e. The summed E-state index contributed by atoms with van der Waals surface area (Å²) in [5.74, 6) is 0. The van der Waals surface area contributed by atoms with Crippen molar-refractivity contribution in [3.05, 3.63) is 59.4 Å². The minimum Gasteiger partial charge on any atom is -0.341 e. The molecule has 3 aromatic rings. The van der Waals surface area contributed by atoms with Gasteiger partial charge in [0.05, 0.1) is 5.69 Å². The number of hydrogen-bond donors (Lipinski definition) is 1. The van der Waals surface area contributed by atoms with Gasteiger partial charge in [-0.3, -0.25) is 0 Å². The summed E-state index contributed by atoms with van der Waals surface area (Å²) < 4.78 is 0. The zero-order valence-electron chi connectivity index (χ0n) is 9.64. The van der Waals surface area contributed by atoms with Gasteiger partial charge >= 0.3 is 0 Å². The molecule has 0 spiro atoms. The van der Waals surface area contributed by atoms with E-state index in [0.29, 0.717) is 0 Å². The van der Waals surface area contributed by atoms with Crippen molar-refractivity contribution in [3.63, 3.8) is 0 Å². The van der Waals surface area contributed by atoms with Crippen LogP contribution in [0.15, 0.2) is 42.5 Å². The van der Waals surface area contributed by atoms with Gasteiger partial charge in [-0.05, 0) is 24.6 Å². The molecule has 0 atom stereocenters. The lowest BCUT2D eigenvalue weighted by molar-refractivity contribution is 0.998. The number of aromatic amines is 1. The summed E-state index contributed by atoms with van der Waals surface area (Å²) in [5, 5.41) is 9.31. The lowest BCUT2D eigenvalue weighted by atomic mass is 10.1. The first-order valence-corrected chi connectivity index (χ1v) is 5.67. The van der Waals surface area contributed by atoms with E-state index in [1.165, 1.54) is 11.3 Å². The van der Waals surface area contributed by atoms with E-state index >= 15 is 0 Å². The van der Waals surface area contributed by atoms with Crippen molar-refractivity contribution < 1.29 is 0 Å². The Balaban J connectivity index is 1.96. The molecule has 0 amide bonds. The molecule has 0 aliphatic heterocycles. The second kappa shape index (κ2) is 4.01. The topological polar surface area (TPSA) is 41.6 Å². The molecule has 2 aromatic heterocycles. The Hall–Kier alpha value is -2.16. The van der Waals surface area contributed by atoms with Crippen LogP contribution in [0.2, 0.25) is 0 Å². The summed E-state index contributed by atoms with van der Waals surface area (Å²) in [4.78, 5) is 3.30. The first-order valence-electron chi connectivity index (χ1n) is 5.67. The predicted molar refractivity (Wildman–Crippen MR) is 67.9 cm³/mol. The molecule has 2 heterocycles. The number of aromatic nitrogens is 3. The maximum atomic E-state index is 4.14. The van der Waals surface area contributed by atoms with Crippen LogP contribution in [-0.2, 0) is 6.42 Å². The lowest BCUT2D eigenvalue weighted by Crippen LogP contribution is -1.88. The van der Waals surface area contributed by atoms with E-state index < -0.39 is 0 Å². The number of nitrogens with one attached hydrogen (secondary N) is 1. The van der Waals surface area contributed by atoms with Crippen molar-refractivity contribution in [2.24, 2.45) is 0 Å². The van der Waals surface area contributed by atoms with Gasteiger partial charge in [0.25, 0.3) is 0 Å². The van der Waals surface area contributed by atoms with Crippen molar-refractivity contribution in [1.82, 2.24) is 15.2 Å². The number of nitrogens with zero attached hydrogens (tertiary/aromatic N) is 2. The van der Waals surface area contributed by atoms with Gasteiger partial charge < -0.3 is 4.98 Å². The molecule has 3 heteroatoms. The molecule has 0 saturated heterocycles. The highest BCUT2D eigenvalue weighted by atomic mass is 15.1. The van der Waals surface area contributed by atoms with E-state index in [-0.39, 0.29) is 0 Å². The Morgan fingerprint density at radius 2 is 1.88 bits per heavy atom. The molecule has 0 saturated carbocycles. The van der Waals surface area contributed by atoms with Crippen LogP contribution in [0.25, 0.3) is 11.0 Å². The van der Waals surface area contributed by atoms with Crippen molar-refractivity contribution in [2.45, 2.75) is 13.3 Å². The number of fused-ring (bicyclic) bond motifs is 1.